The van der Waals surface area contributed by atoms with Crippen LogP contribution in [0.25, 0.3) is 11.0 Å². The molecular weight excluding hydrogens is 611 g/mol. The van der Waals surface area contributed by atoms with Crippen molar-refractivity contribution in [3.05, 3.63) is 168 Å². The van der Waals surface area contributed by atoms with Gasteiger partial charge in [0.05, 0.1) is 47.6 Å². The molecule has 0 saturated carbocycles. The fourth-order valence-electron chi connectivity index (χ4n) is 6.17. The van der Waals surface area contributed by atoms with E-state index < -0.39 is 16.3 Å². The summed E-state index contributed by atoms with van der Waals surface area (Å²) in [4.78, 5) is 4.85. The first-order chi connectivity index (χ1) is 23.0. The van der Waals surface area contributed by atoms with E-state index in [4.69, 9.17) is 9.47 Å². The highest BCUT2D eigenvalue weighted by Gasteiger charge is 2.42. The monoisotopic (exact) mass is 645 g/mol. The van der Waals surface area contributed by atoms with Crippen molar-refractivity contribution in [2.75, 3.05) is 0 Å². The molecule has 1 unspecified atom stereocenters. The van der Waals surface area contributed by atoms with Gasteiger partial charge in [-0.15, -0.1) is 0 Å². The molecule has 238 valence electrons. The van der Waals surface area contributed by atoms with E-state index in [0.717, 1.165) is 38.9 Å². The molecule has 8 nitrogen and oxygen atoms in total. The molecule has 0 bridgehead atoms. The summed E-state index contributed by atoms with van der Waals surface area (Å²) in [5, 5.41) is 9.70. The van der Waals surface area contributed by atoms with Crippen LogP contribution in [0, 0.1) is 0 Å². The molecule has 7 rings (SSSR count). The molecule has 1 aliphatic rings. The molecule has 0 radical (unpaired) electrons. The van der Waals surface area contributed by atoms with Crippen LogP contribution in [0.3, 0.4) is 0 Å². The summed E-state index contributed by atoms with van der Waals surface area (Å²) in [5.74, 6) is -0.153. The standard InChI is InChI=1S/C38H35N3O5S/c42-25-28-17-19-30(20-18-28)37-36(29-9-3-1-4-10-29)35(24-41-26-39-33-13-7-8-14-34(33)41)45-38(46-37)31-21-15-27(16-22-31)23-40-47(43,44)32-11-5-2-6-12-32/h1-22,26,35-38,40,42H,23-25H2/t35-,36-,37+,38?/m1/s1. The maximum atomic E-state index is 12.8. The van der Waals surface area contributed by atoms with Gasteiger partial charge in [0.15, 0.2) is 6.29 Å². The number of hydrogen-bond donors (Lipinski definition) is 2. The highest BCUT2D eigenvalue weighted by molar-refractivity contribution is 7.89. The highest BCUT2D eigenvalue weighted by Crippen LogP contribution is 2.47. The largest absolute Gasteiger partial charge is 0.392 e. The van der Waals surface area contributed by atoms with E-state index in [1.165, 1.54) is 0 Å². The van der Waals surface area contributed by atoms with Gasteiger partial charge in [0.1, 0.15) is 0 Å². The molecule has 1 saturated heterocycles. The zero-order valence-electron chi connectivity index (χ0n) is 25.6. The van der Waals surface area contributed by atoms with Gasteiger partial charge in [0.2, 0.25) is 10.0 Å². The number of nitrogens with zero attached hydrogens (tertiary/aromatic N) is 2. The summed E-state index contributed by atoms with van der Waals surface area (Å²) >= 11 is 0. The molecule has 1 aliphatic heterocycles. The van der Waals surface area contributed by atoms with Crippen molar-refractivity contribution in [1.82, 2.24) is 14.3 Å². The Kier molecular flexibility index (Phi) is 8.97. The number of para-hydroxylation sites is 2. The minimum atomic E-state index is -3.64. The Bertz CT molecular complexity index is 2030. The molecule has 5 aromatic carbocycles. The van der Waals surface area contributed by atoms with Crippen LogP contribution in [0.1, 0.15) is 46.1 Å². The number of ether oxygens (including phenoxy) is 2. The Labute approximate surface area is 274 Å². The van der Waals surface area contributed by atoms with Gasteiger partial charge < -0.3 is 19.1 Å². The summed E-state index contributed by atoms with van der Waals surface area (Å²) < 4.78 is 44.0. The Morgan fingerprint density at radius 2 is 1.34 bits per heavy atom. The Morgan fingerprint density at radius 1 is 0.702 bits per heavy atom. The fraction of sp³-hybridized carbons (Fsp3) is 0.184. The number of benzene rings is 5. The van der Waals surface area contributed by atoms with Gasteiger partial charge in [-0.3, -0.25) is 0 Å². The predicted molar refractivity (Wildman–Crippen MR) is 180 cm³/mol. The smallest absolute Gasteiger partial charge is 0.240 e. The number of hydrogen-bond acceptors (Lipinski definition) is 6. The van der Waals surface area contributed by atoms with Crippen LogP contribution in [0.5, 0.6) is 0 Å². The van der Waals surface area contributed by atoms with Crippen molar-refractivity contribution in [3.8, 4) is 0 Å². The van der Waals surface area contributed by atoms with E-state index in [1.807, 2.05) is 91.3 Å². The van der Waals surface area contributed by atoms with Gasteiger partial charge in [0.25, 0.3) is 0 Å². The van der Waals surface area contributed by atoms with Gasteiger partial charge in [-0.25, -0.2) is 18.1 Å². The number of aliphatic hydroxyl groups is 1. The van der Waals surface area contributed by atoms with Crippen LogP contribution < -0.4 is 4.72 Å². The summed E-state index contributed by atoms with van der Waals surface area (Å²) in [5.41, 5.74) is 6.48. The second kappa shape index (κ2) is 13.6. The van der Waals surface area contributed by atoms with E-state index in [2.05, 4.69) is 32.5 Å². The minimum absolute atomic E-state index is 0.0379. The predicted octanol–water partition coefficient (Wildman–Crippen LogP) is 6.65. The fourth-order valence-corrected chi connectivity index (χ4v) is 7.21. The normalized spacial score (nSPS) is 19.9. The lowest BCUT2D eigenvalue weighted by molar-refractivity contribution is -0.263. The third-order valence-electron chi connectivity index (χ3n) is 8.65. The van der Waals surface area contributed by atoms with Gasteiger partial charge in [0, 0.05) is 18.0 Å². The van der Waals surface area contributed by atoms with Crippen molar-refractivity contribution in [2.24, 2.45) is 0 Å². The van der Waals surface area contributed by atoms with Crippen molar-refractivity contribution >= 4 is 21.1 Å². The molecule has 47 heavy (non-hydrogen) atoms. The van der Waals surface area contributed by atoms with E-state index in [-0.39, 0.29) is 36.2 Å². The quantitative estimate of drug-likeness (QED) is 0.173. The van der Waals surface area contributed by atoms with Gasteiger partial charge >= 0.3 is 0 Å². The highest BCUT2D eigenvalue weighted by atomic mass is 32.2. The summed E-state index contributed by atoms with van der Waals surface area (Å²) in [7, 11) is -3.64. The molecule has 2 heterocycles. The number of sulfonamides is 1. The first kappa shape index (κ1) is 31.0. The zero-order valence-corrected chi connectivity index (χ0v) is 26.4. The molecule has 1 fully saturated rings. The summed E-state index contributed by atoms with van der Waals surface area (Å²) in [6.07, 6.45) is 0.513. The van der Waals surface area contributed by atoms with Gasteiger partial charge in [-0.2, -0.15) is 0 Å². The van der Waals surface area contributed by atoms with Crippen LogP contribution in [-0.2, 0) is 39.2 Å². The lowest BCUT2D eigenvalue weighted by Crippen LogP contribution is -2.39. The first-order valence-corrected chi connectivity index (χ1v) is 17.1. The molecule has 4 atom stereocenters. The van der Waals surface area contributed by atoms with Crippen molar-refractivity contribution in [2.45, 2.75) is 49.0 Å². The Morgan fingerprint density at radius 3 is 2.06 bits per heavy atom. The SMILES string of the molecule is O=S(=O)(NCc1ccc(C2O[C@H](Cn3cnc4ccccc43)[C@@H](c3ccccc3)[C@H](c3ccc(CO)cc3)O2)cc1)c1ccccc1. The summed E-state index contributed by atoms with van der Waals surface area (Å²) in [6, 6.07) is 42.2. The second-order valence-electron chi connectivity index (χ2n) is 11.7. The average Bonchev–Trinajstić information content (AvgIpc) is 3.54. The molecule has 0 amide bonds. The number of aliphatic hydroxyl groups excluding tert-OH is 1. The molecule has 0 aliphatic carbocycles. The minimum Gasteiger partial charge on any atom is -0.392 e. The maximum Gasteiger partial charge on any atom is 0.240 e. The van der Waals surface area contributed by atoms with Crippen molar-refractivity contribution in [3.63, 3.8) is 0 Å². The molecule has 9 heteroatoms. The van der Waals surface area contributed by atoms with Gasteiger partial charge in [-0.05, 0) is 46.5 Å². The lowest BCUT2D eigenvalue weighted by Gasteiger charge is -2.43. The molecular formula is C38H35N3O5S. The average molecular weight is 646 g/mol. The van der Waals surface area contributed by atoms with E-state index in [0.29, 0.717) is 6.54 Å². The van der Waals surface area contributed by atoms with E-state index in [1.54, 1.807) is 30.3 Å². The molecule has 6 aromatic rings. The Hall–Kier alpha value is -4.64. The molecule has 1 aromatic heterocycles. The van der Waals surface area contributed by atoms with Crippen molar-refractivity contribution < 1.29 is 23.0 Å². The number of fused-ring (bicyclic) bond motifs is 1. The first-order valence-electron chi connectivity index (χ1n) is 15.6. The van der Waals surface area contributed by atoms with E-state index >= 15 is 0 Å². The third kappa shape index (κ3) is 6.76. The summed E-state index contributed by atoms with van der Waals surface area (Å²) in [6.45, 7) is 0.657. The topological polar surface area (TPSA) is 103 Å². The maximum absolute atomic E-state index is 12.8. The van der Waals surface area contributed by atoms with Crippen LogP contribution in [-0.4, -0.2) is 29.2 Å². The van der Waals surface area contributed by atoms with Gasteiger partial charge in [-0.1, -0.05) is 109 Å². The van der Waals surface area contributed by atoms with Crippen LogP contribution in [0.4, 0.5) is 0 Å². The molecule has 0 spiro atoms. The number of aromatic nitrogens is 2. The second-order valence-corrected chi connectivity index (χ2v) is 13.4. The van der Waals surface area contributed by atoms with Crippen LogP contribution in [0.15, 0.2) is 145 Å². The zero-order chi connectivity index (χ0) is 32.2. The van der Waals surface area contributed by atoms with E-state index in [9.17, 15) is 13.5 Å². The third-order valence-corrected chi connectivity index (χ3v) is 10.1. The van der Waals surface area contributed by atoms with Crippen molar-refractivity contribution in [1.29, 1.82) is 0 Å². The Balaban J connectivity index is 1.21. The number of imidazole rings is 1. The van der Waals surface area contributed by atoms with Crippen LogP contribution in [0.2, 0.25) is 0 Å². The number of rotatable bonds is 10. The van der Waals surface area contributed by atoms with Crippen LogP contribution >= 0.6 is 0 Å². The molecule has 2 N–H and O–H groups in total. The lowest BCUT2D eigenvalue weighted by atomic mass is 9.83. The number of nitrogens with one attached hydrogen (secondary N) is 1.